The fourth-order valence-electron chi connectivity index (χ4n) is 1.13. The van der Waals surface area contributed by atoms with Gasteiger partial charge in [-0.05, 0) is 31.3 Å². The summed E-state index contributed by atoms with van der Waals surface area (Å²) in [4.78, 5) is 23.2. The molecular weight excluding hydrogens is 242 g/mol. The summed E-state index contributed by atoms with van der Waals surface area (Å²) in [5.74, 6) is -1.46. The van der Waals surface area contributed by atoms with Gasteiger partial charge in [0.15, 0.2) is 0 Å². The molecule has 0 fully saturated rings. The highest BCUT2D eigenvalue weighted by Crippen LogP contribution is 2.20. The largest absolute Gasteiger partial charge is 0.480 e. The van der Waals surface area contributed by atoms with Gasteiger partial charge in [0.05, 0.1) is 5.69 Å². The maximum Gasteiger partial charge on any atom is 0.328 e. The summed E-state index contributed by atoms with van der Waals surface area (Å²) in [5.41, 5.74) is -0.719. The number of nitrogens with one attached hydrogen (secondary N) is 1. The highest BCUT2D eigenvalue weighted by Gasteiger charge is 2.31. The van der Waals surface area contributed by atoms with Gasteiger partial charge >= 0.3 is 5.97 Å². The molecule has 0 spiro atoms. The molecule has 0 aliphatic carbocycles. The summed E-state index contributed by atoms with van der Waals surface area (Å²) in [6.45, 7) is 6.65. The molecule has 0 saturated carbocycles. The summed E-state index contributed by atoms with van der Waals surface area (Å²) in [5, 5.41) is 15.2. The Kier molecular flexibility index (Phi) is 3.82. The zero-order valence-corrected chi connectivity index (χ0v) is 11.0. The van der Waals surface area contributed by atoms with Gasteiger partial charge in [-0.2, -0.15) is 0 Å². The molecule has 17 heavy (non-hydrogen) atoms. The minimum atomic E-state index is -1.31. The Morgan fingerprint density at radius 3 is 2.47 bits per heavy atom. The molecule has 0 saturated heterocycles. The molecule has 1 amide bonds. The Morgan fingerprint density at radius 1 is 1.41 bits per heavy atom. The van der Waals surface area contributed by atoms with Gasteiger partial charge in [-0.15, -0.1) is 5.10 Å². The Bertz CT molecular complexity index is 440. The van der Waals surface area contributed by atoms with Gasteiger partial charge in [-0.25, -0.2) is 4.79 Å². The second-order valence-electron chi connectivity index (χ2n) is 4.53. The number of carbonyl (C=O) groups is 2. The van der Waals surface area contributed by atoms with Crippen LogP contribution in [-0.2, 0) is 4.79 Å². The standard InChI is InChI=1S/C10H15N3O3S/c1-5(2)6-7(17-13-12-6)8(14)11-10(3,4)9(15)16/h5H,1-4H3,(H,11,14)(H,15,16). The number of hydrogen-bond acceptors (Lipinski definition) is 5. The lowest BCUT2D eigenvalue weighted by atomic mass is 10.1. The van der Waals surface area contributed by atoms with Crippen molar-refractivity contribution >= 4 is 23.4 Å². The number of hydrogen-bond donors (Lipinski definition) is 2. The van der Waals surface area contributed by atoms with Crippen LogP contribution in [0.25, 0.3) is 0 Å². The molecular formula is C10H15N3O3S. The van der Waals surface area contributed by atoms with Crippen molar-refractivity contribution < 1.29 is 14.7 Å². The van der Waals surface area contributed by atoms with Gasteiger partial charge in [0.2, 0.25) is 0 Å². The van der Waals surface area contributed by atoms with E-state index in [0.717, 1.165) is 11.5 Å². The number of carbonyl (C=O) groups excluding carboxylic acids is 1. The average Bonchev–Trinajstić information content (AvgIpc) is 2.64. The van der Waals surface area contributed by atoms with E-state index in [2.05, 4.69) is 14.9 Å². The molecule has 0 bridgehead atoms. The maximum absolute atomic E-state index is 11.9. The van der Waals surface area contributed by atoms with Crippen molar-refractivity contribution in [2.75, 3.05) is 0 Å². The van der Waals surface area contributed by atoms with Crippen molar-refractivity contribution in [1.29, 1.82) is 0 Å². The lowest BCUT2D eigenvalue weighted by Crippen LogP contribution is -2.49. The zero-order chi connectivity index (χ0) is 13.2. The van der Waals surface area contributed by atoms with Crippen molar-refractivity contribution in [3.63, 3.8) is 0 Å². The number of nitrogens with zero attached hydrogens (tertiary/aromatic N) is 2. The van der Waals surface area contributed by atoms with Crippen LogP contribution in [0.15, 0.2) is 0 Å². The first-order chi connectivity index (χ1) is 7.75. The molecule has 1 aromatic rings. The van der Waals surface area contributed by atoms with Crippen LogP contribution in [0.3, 0.4) is 0 Å². The SMILES string of the molecule is CC(C)c1nnsc1C(=O)NC(C)(C)C(=O)O. The van der Waals surface area contributed by atoms with E-state index in [1.165, 1.54) is 13.8 Å². The number of carboxylic acid groups (broad SMARTS) is 1. The van der Waals surface area contributed by atoms with Crippen LogP contribution < -0.4 is 5.32 Å². The fraction of sp³-hybridized carbons (Fsp3) is 0.600. The van der Waals surface area contributed by atoms with E-state index in [-0.39, 0.29) is 5.92 Å². The van der Waals surface area contributed by atoms with E-state index in [4.69, 9.17) is 5.11 Å². The topological polar surface area (TPSA) is 92.2 Å². The van der Waals surface area contributed by atoms with E-state index < -0.39 is 17.4 Å². The van der Waals surface area contributed by atoms with Gasteiger partial charge in [-0.1, -0.05) is 18.3 Å². The van der Waals surface area contributed by atoms with E-state index >= 15 is 0 Å². The molecule has 0 aliphatic rings. The smallest absolute Gasteiger partial charge is 0.328 e. The summed E-state index contributed by atoms with van der Waals surface area (Å²) in [7, 11) is 0. The monoisotopic (exact) mass is 257 g/mol. The van der Waals surface area contributed by atoms with Crippen LogP contribution in [0.5, 0.6) is 0 Å². The fourth-order valence-corrected chi connectivity index (χ4v) is 1.84. The van der Waals surface area contributed by atoms with E-state index in [0.29, 0.717) is 10.6 Å². The van der Waals surface area contributed by atoms with Gasteiger partial charge in [0.1, 0.15) is 10.4 Å². The number of amides is 1. The molecule has 1 heterocycles. The first kappa shape index (κ1) is 13.6. The molecule has 94 valence electrons. The third-order valence-electron chi connectivity index (χ3n) is 2.23. The summed E-state index contributed by atoms with van der Waals surface area (Å²) in [6.07, 6.45) is 0. The Morgan fingerprint density at radius 2 is 2.00 bits per heavy atom. The van der Waals surface area contributed by atoms with Crippen molar-refractivity contribution in [3.8, 4) is 0 Å². The van der Waals surface area contributed by atoms with Crippen molar-refractivity contribution in [1.82, 2.24) is 14.9 Å². The average molecular weight is 257 g/mol. The second kappa shape index (κ2) is 4.79. The molecule has 0 radical (unpaired) electrons. The number of aromatic nitrogens is 2. The maximum atomic E-state index is 11.9. The van der Waals surface area contributed by atoms with Gasteiger partial charge in [0.25, 0.3) is 5.91 Å². The number of rotatable bonds is 4. The minimum absolute atomic E-state index is 0.0717. The first-order valence-corrected chi connectivity index (χ1v) is 5.91. The molecule has 0 unspecified atom stereocenters. The highest BCUT2D eigenvalue weighted by atomic mass is 32.1. The van der Waals surface area contributed by atoms with Crippen LogP contribution in [-0.4, -0.2) is 32.1 Å². The first-order valence-electron chi connectivity index (χ1n) is 5.14. The third kappa shape index (κ3) is 3.00. The Labute approximate surface area is 103 Å². The van der Waals surface area contributed by atoms with Crippen LogP contribution in [0, 0.1) is 0 Å². The predicted octanol–water partition coefficient (Wildman–Crippen LogP) is 1.25. The third-order valence-corrected chi connectivity index (χ3v) is 2.97. The Hall–Kier alpha value is -1.50. The lowest BCUT2D eigenvalue weighted by Gasteiger charge is -2.20. The second-order valence-corrected chi connectivity index (χ2v) is 5.28. The molecule has 1 aromatic heterocycles. The molecule has 6 nitrogen and oxygen atoms in total. The van der Waals surface area contributed by atoms with Crippen molar-refractivity contribution in [2.45, 2.75) is 39.2 Å². The predicted molar refractivity (Wildman–Crippen MR) is 63.2 cm³/mol. The highest BCUT2D eigenvalue weighted by molar-refractivity contribution is 7.08. The van der Waals surface area contributed by atoms with E-state index in [1.807, 2.05) is 13.8 Å². The summed E-state index contributed by atoms with van der Waals surface area (Å²) in [6, 6.07) is 0. The molecule has 1 rings (SSSR count). The van der Waals surface area contributed by atoms with Gasteiger partial charge < -0.3 is 10.4 Å². The summed E-state index contributed by atoms with van der Waals surface area (Å²) < 4.78 is 3.72. The number of aliphatic carboxylic acids is 1. The normalized spacial score (nSPS) is 11.6. The molecule has 2 N–H and O–H groups in total. The number of carboxylic acids is 1. The zero-order valence-electron chi connectivity index (χ0n) is 10.1. The summed E-state index contributed by atoms with van der Waals surface area (Å²) >= 11 is 0.972. The van der Waals surface area contributed by atoms with Crippen LogP contribution in [0.2, 0.25) is 0 Å². The van der Waals surface area contributed by atoms with Gasteiger partial charge in [-0.3, -0.25) is 4.79 Å². The quantitative estimate of drug-likeness (QED) is 0.847. The molecule has 7 heteroatoms. The van der Waals surface area contributed by atoms with Gasteiger partial charge in [0, 0.05) is 0 Å². The van der Waals surface area contributed by atoms with Crippen LogP contribution in [0.1, 0.15) is 49.0 Å². The van der Waals surface area contributed by atoms with E-state index in [9.17, 15) is 9.59 Å². The molecule has 0 atom stereocenters. The van der Waals surface area contributed by atoms with Crippen LogP contribution in [0.4, 0.5) is 0 Å². The molecule has 0 aromatic carbocycles. The minimum Gasteiger partial charge on any atom is -0.480 e. The van der Waals surface area contributed by atoms with E-state index in [1.54, 1.807) is 0 Å². The van der Waals surface area contributed by atoms with Crippen molar-refractivity contribution in [3.05, 3.63) is 10.6 Å². The van der Waals surface area contributed by atoms with Crippen LogP contribution >= 0.6 is 11.5 Å². The van der Waals surface area contributed by atoms with Crippen molar-refractivity contribution in [2.24, 2.45) is 0 Å². The lowest BCUT2D eigenvalue weighted by molar-refractivity contribution is -0.143. The Balaban J connectivity index is 2.91. The molecule has 0 aliphatic heterocycles.